The van der Waals surface area contributed by atoms with Crippen LogP contribution in [0.2, 0.25) is 0 Å². The summed E-state index contributed by atoms with van der Waals surface area (Å²) in [6, 6.07) is 7.77. The van der Waals surface area contributed by atoms with Gasteiger partial charge >= 0.3 is 0 Å². The van der Waals surface area contributed by atoms with Crippen molar-refractivity contribution in [1.82, 2.24) is 25.1 Å². The number of aromatic nitrogens is 4. The maximum absolute atomic E-state index is 12.9. The highest BCUT2D eigenvalue weighted by molar-refractivity contribution is 7.16. The van der Waals surface area contributed by atoms with Gasteiger partial charge in [-0.3, -0.25) is 14.5 Å². The second-order valence-corrected chi connectivity index (χ2v) is 9.26. The molecule has 1 fully saturated rings. The van der Waals surface area contributed by atoms with E-state index >= 15 is 0 Å². The molecule has 0 unspecified atom stereocenters. The molecule has 1 aliphatic carbocycles. The van der Waals surface area contributed by atoms with Gasteiger partial charge < -0.3 is 10.4 Å². The maximum atomic E-state index is 12.9. The van der Waals surface area contributed by atoms with E-state index in [9.17, 15) is 9.90 Å². The van der Waals surface area contributed by atoms with Gasteiger partial charge in [0.15, 0.2) is 0 Å². The fraction of sp³-hybridized carbons (Fsp3) is 0.333. The van der Waals surface area contributed by atoms with Crippen molar-refractivity contribution >= 4 is 27.5 Å². The lowest BCUT2D eigenvalue weighted by Gasteiger charge is -2.28. The normalized spacial score (nSPS) is 18.7. The third-order valence-electron chi connectivity index (χ3n) is 6.02. The van der Waals surface area contributed by atoms with Gasteiger partial charge in [0, 0.05) is 30.4 Å². The third kappa shape index (κ3) is 4.28. The number of thiophene rings is 1. The van der Waals surface area contributed by atoms with Crippen molar-refractivity contribution in [3.8, 4) is 11.3 Å². The van der Waals surface area contributed by atoms with E-state index in [1.165, 1.54) is 11.3 Å². The van der Waals surface area contributed by atoms with Gasteiger partial charge in [0.2, 0.25) is 0 Å². The quantitative estimate of drug-likeness (QED) is 0.486. The molecule has 2 atom stereocenters. The van der Waals surface area contributed by atoms with E-state index in [0.717, 1.165) is 58.3 Å². The van der Waals surface area contributed by atoms with Crippen molar-refractivity contribution < 1.29 is 9.90 Å². The van der Waals surface area contributed by atoms with Crippen LogP contribution in [0.1, 0.15) is 47.3 Å². The largest absolute Gasteiger partial charge is 0.391 e. The predicted octanol–water partition coefficient (Wildman–Crippen LogP) is 3.72. The van der Waals surface area contributed by atoms with Crippen molar-refractivity contribution in [3.05, 3.63) is 65.1 Å². The standard InChI is InChI=1S/C24H25N5O2S/c1-29-14-17(13-26-29)19-7-6-15(12-25-19)10-16-11-21(28-24-18(16)8-9-32-24)23(31)27-20-4-2-3-5-22(20)30/h6-9,11-14,20,22,30H,2-5,10H2,1H3,(H,27,31)/t20-,22-/m0/s1. The van der Waals surface area contributed by atoms with Crippen molar-refractivity contribution in [2.75, 3.05) is 0 Å². The first-order chi connectivity index (χ1) is 15.6. The molecular formula is C24H25N5O2S. The lowest BCUT2D eigenvalue weighted by atomic mass is 9.92. The number of nitrogens with zero attached hydrogens (tertiary/aromatic N) is 4. The van der Waals surface area contributed by atoms with Crippen LogP contribution >= 0.6 is 11.3 Å². The van der Waals surface area contributed by atoms with E-state index in [-0.39, 0.29) is 11.9 Å². The lowest BCUT2D eigenvalue weighted by Crippen LogP contribution is -2.45. The molecule has 164 valence electrons. The minimum Gasteiger partial charge on any atom is -0.391 e. The summed E-state index contributed by atoms with van der Waals surface area (Å²) in [6.07, 6.45) is 9.34. The van der Waals surface area contributed by atoms with E-state index in [1.807, 2.05) is 43.0 Å². The number of hydrogen-bond donors (Lipinski definition) is 2. The molecule has 0 bridgehead atoms. The van der Waals surface area contributed by atoms with Gasteiger partial charge in [-0.2, -0.15) is 5.10 Å². The summed E-state index contributed by atoms with van der Waals surface area (Å²) in [5.74, 6) is -0.224. The fourth-order valence-electron chi connectivity index (χ4n) is 4.27. The zero-order valence-corrected chi connectivity index (χ0v) is 18.7. The second-order valence-electron chi connectivity index (χ2n) is 8.37. The third-order valence-corrected chi connectivity index (χ3v) is 6.83. The van der Waals surface area contributed by atoms with Gasteiger partial charge in [0.1, 0.15) is 10.5 Å². The van der Waals surface area contributed by atoms with E-state index in [2.05, 4.69) is 26.4 Å². The fourth-order valence-corrected chi connectivity index (χ4v) is 5.08. The highest BCUT2D eigenvalue weighted by Crippen LogP contribution is 2.27. The smallest absolute Gasteiger partial charge is 0.270 e. The van der Waals surface area contributed by atoms with Crippen molar-refractivity contribution in [1.29, 1.82) is 0 Å². The summed E-state index contributed by atoms with van der Waals surface area (Å²) < 4.78 is 1.76. The van der Waals surface area contributed by atoms with E-state index < -0.39 is 6.10 Å². The van der Waals surface area contributed by atoms with Crippen molar-refractivity contribution in [2.45, 2.75) is 44.2 Å². The number of carbonyl (C=O) groups excluding carboxylic acids is 1. The lowest BCUT2D eigenvalue weighted by molar-refractivity contribution is 0.0714. The molecule has 0 aliphatic heterocycles. The van der Waals surface area contributed by atoms with Crippen LogP contribution in [-0.4, -0.2) is 42.9 Å². The first kappa shape index (κ1) is 20.8. The molecule has 4 heterocycles. The first-order valence-electron chi connectivity index (χ1n) is 10.9. The Morgan fingerprint density at radius 2 is 2.12 bits per heavy atom. The summed E-state index contributed by atoms with van der Waals surface area (Å²) in [4.78, 5) is 23.0. The predicted molar refractivity (Wildman–Crippen MR) is 125 cm³/mol. The molecule has 4 aromatic rings. The van der Waals surface area contributed by atoms with Gasteiger partial charge in [0.05, 0.1) is 24.0 Å². The molecule has 0 radical (unpaired) electrons. The molecule has 0 aromatic carbocycles. The Hall–Kier alpha value is -3.10. The number of aryl methyl sites for hydroxylation is 1. The van der Waals surface area contributed by atoms with Crippen molar-refractivity contribution in [2.24, 2.45) is 7.05 Å². The minimum absolute atomic E-state index is 0.204. The number of pyridine rings is 2. The number of nitrogens with one attached hydrogen (secondary N) is 1. The van der Waals surface area contributed by atoms with Crippen LogP contribution in [0.25, 0.3) is 21.5 Å². The summed E-state index contributed by atoms with van der Waals surface area (Å²) in [5.41, 5.74) is 4.36. The molecule has 1 aliphatic rings. The molecule has 4 aromatic heterocycles. The summed E-state index contributed by atoms with van der Waals surface area (Å²) in [5, 5.41) is 20.5. The van der Waals surface area contributed by atoms with E-state index in [1.54, 1.807) is 10.9 Å². The number of hydrogen-bond acceptors (Lipinski definition) is 6. The molecule has 1 saturated carbocycles. The molecule has 8 heteroatoms. The summed E-state index contributed by atoms with van der Waals surface area (Å²) >= 11 is 1.53. The topological polar surface area (TPSA) is 92.9 Å². The van der Waals surface area contributed by atoms with Crippen LogP contribution in [0.5, 0.6) is 0 Å². The molecule has 0 spiro atoms. The van der Waals surface area contributed by atoms with Crippen LogP contribution < -0.4 is 5.32 Å². The van der Waals surface area contributed by atoms with Crippen LogP contribution in [0.4, 0.5) is 0 Å². The Morgan fingerprint density at radius 1 is 1.25 bits per heavy atom. The van der Waals surface area contributed by atoms with Gasteiger partial charge in [-0.25, -0.2) is 4.98 Å². The van der Waals surface area contributed by atoms with Crippen LogP contribution in [0, 0.1) is 0 Å². The molecule has 32 heavy (non-hydrogen) atoms. The van der Waals surface area contributed by atoms with Gasteiger partial charge in [0.25, 0.3) is 5.91 Å². The molecule has 1 amide bonds. The Bertz CT molecular complexity index is 1250. The monoisotopic (exact) mass is 447 g/mol. The number of aliphatic hydroxyl groups excluding tert-OH is 1. The number of aliphatic hydroxyl groups is 1. The zero-order valence-electron chi connectivity index (χ0n) is 17.9. The Kier molecular flexibility index (Phi) is 5.71. The maximum Gasteiger partial charge on any atom is 0.270 e. The Labute approximate surface area is 190 Å². The van der Waals surface area contributed by atoms with Crippen LogP contribution in [0.3, 0.4) is 0 Å². The molecule has 5 rings (SSSR count). The number of amides is 1. The zero-order chi connectivity index (χ0) is 22.1. The molecule has 2 N–H and O–H groups in total. The summed E-state index contributed by atoms with van der Waals surface area (Å²) in [7, 11) is 1.89. The number of carbonyl (C=O) groups is 1. The van der Waals surface area contributed by atoms with Crippen LogP contribution in [0.15, 0.2) is 48.2 Å². The van der Waals surface area contributed by atoms with Gasteiger partial charge in [-0.1, -0.05) is 18.9 Å². The molecular weight excluding hydrogens is 422 g/mol. The van der Waals surface area contributed by atoms with Crippen LogP contribution in [-0.2, 0) is 13.5 Å². The van der Waals surface area contributed by atoms with Gasteiger partial charge in [-0.15, -0.1) is 11.3 Å². The SMILES string of the molecule is Cn1cc(-c2ccc(Cc3cc(C(=O)N[C@H]4CCCC[C@@H]4O)nc4sccc34)cn2)cn1. The molecule has 7 nitrogen and oxygen atoms in total. The Morgan fingerprint density at radius 3 is 2.88 bits per heavy atom. The van der Waals surface area contributed by atoms with Crippen molar-refractivity contribution in [3.63, 3.8) is 0 Å². The number of rotatable bonds is 5. The Balaban J connectivity index is 1.39. The average molecular weight is 448 g/mol. The molecule has 0 saturated heterocycles. The highest BCUT2D eigenvalue weighted by atomic mass is 32.1. The highest BCUT2D eigenvalue weighted by Gasteiger charge is 2.25. The number of fused-ring (bicyclic) bond motifs is 1. The van der Waals surface area contributed by atoms with E-state index in [4.69, 9.17) is 0 Å². The summed E-state index contributed by atoms with van der Waals surface area (Å²) in [6.45, 7) is 0. The minimum atomic E-state index is -0.484. The average Bonchev–Trinajstić information content (AvgIpc) is 3.45. The van der Waals surface area contributed by atoms with E-state index in [0.29, 0.717) is 12.1 Å². The second kappa shape index (κ2) is 8.80. The first-order valence-corrected chi connectivity index (χ1v) is 11.7. The van der Waals surface area contributed by atoms with Gasteiger partial charge in [-0.05, 0) is 54.0 Å².